The summed E-state index contributed by atoms with van der Waals surface area (Å²) in [5.74, 6) is 2.03. The summed E-state index contributed by atoms with van der Waals surface area (Å²) in [4.78, 5) is 15.2. The monoisotopic (exact) mass is 495 g/mol. The number of nitrogens with zero attached hydrogens (tertiary/aromatic N) is 3. The molecule has 0 saturated carbocycles. The zero-order valence-corrected chi connectivity index (χ0v) is 19.8. The minimum absolute atomic E-state index is 0.164. The maximum atomic E-state index is 13.2. The fraction of sp³-hybridized carbons (Fsp3) is 0.0357. The predicted octanol–water partition coefficient (Wildman–Crippen LogP) is 6.28. The third-order valence-corrected chi connectivity index (χ3v) is 6.16. The van der Waals surface area contributed by atoms with E-state index in [9.17, 15) is 9.90 Å². The minimum Gasteiger partial charge on any atom is -0.508 e. The van der Waals surface area contributed by atoms with Gasteiger partial charge in [-0.2, -0.15) is 5.10 Å². The third kappa shape index (κ3) is 5.73. The molecule has 0 bridgehead atoms. The molecule has 0 spiro atoms. The van der Waals surface area contributed by atoms with Crippen LogP contribution in [-0.2, 0) is 11.3 Å². The van der Waals surface area contributed by atoms with E-state index < -0.39 is 0 Å². The summed E-state index contributed by atoms with van der Waals surface area (Å²) in [6.07, 6.45) is 4.94. The van der Waals surface area contributed by atoms with E-state index >= 15 is 0 Å². The van der Waals surface area contributed by atoms with Gasteiger partial charge in [-0.1, -0.05) is 42.5 Å². The Balaban J connectivity index is 1.37. The van der Waals surface area contributed by atoms with Crippen LogP contribution in [0.4, 0.5) is 0 Å². The Bertz CT molecular complexity index is 1430. The number of aromatic hydroxyl groups is 1. The fourth-order valence-electron chi connectivity index (χ4n) is 3.43. The van der Waals surface area contributed by atoms with Crippen LogP contribution in [0.5, 0.6) is 17.2 Å². The normalized spacial score (nSPS) is 15.9. The van der Waals surface area contributed by atoms with Gasteiger partial charge in [-0.15, -0.1) is 5.10 Å². The second kappa shape index (κ2) is 10.8. The molecule has 36 heavy (non-hydrogen) atoms. The summed E-state index contributed by atoms with van der Waals surface area (Å²) in [6, 6.07) is 27.2. The maximum Gasteiger partial charge on any atom is 0.267 e. The summed E-state index contributed by atoms with van der Waals surface area (Å²) in [6.45, 7) is 0.237. The lowest BCUT2D eigenvalue weighted by atomic mass is 10.2. The summed E-state index contributed by atoms with van der Waals surface area (Å²) in [5, 5.41) is 18.5. The third-order valence-electron chi connectivity index (χ3n) is 5.16. The maximum absolute atomic E-state index is 13.2. The van der Waals surface area contributed by atoms with E-state index in [2.05, 4.69) is 10.2 Å². The average Bonchev–Trinajstić information content (AvgIpc) is 3.51. The molecule has 1 aliphatic heterocycles. The predicted molar refractivity (Wildman–Crippen MR) is 141 cm³/mol. The number of furan rings is 1. The molecule has 5 rings (SSSR count). The smallest absolute Gasteiger partial charge is 0.267 e. The average molecular weight is 496 g/mol. The molecule has 0 atom stereocenters. The SMILES string of the molecule is O=C1/C(=C/c2ccc(O)cc2)S/C(=N\N=C\c2cccc(Oc3ccccc3)c2)N1Cc1ccco1. The van der Waals surface area contributed by atoms with E-state index in [1.54, 1.807) is 55.0 Å². The van der Waals surface area contributed by atoms with Crippen LogP contribution in [0.2, 0.25) is 0 Å². The van der Waals surface area contributed by atoms with Crippen molar-refractivity contribution in [2.75, 3.05) is 0 Å². The van der Waals surface area contributed by atoms with Gasteiger partial charge in [0.2, 0.25) is 0 Å². The number of carbonyl (C=O) groups excluding carboxylic acids is 1. The van der Waals surface area contributed by atoms with Gasteiger partial charge < -0.3 is 14.3 Å². The molecule has 1 fully saturated rings. The van der Waals surface area contributed by atoms with Crippen molar-refractivity contribution in [3.8, 4) is 17.2 Å². The van der Waals surface area contributed by atoms with Crippen molar-refractivity contribution in [1.82, 2.24) is 4.90 Å². The quantitative estimate of drug-likeness (QED) is 0.185. The zero-order valence-electron chi connectivity index (χ0n) is 19.0. The second-order valence-corrected chi connectivity index (χ2v) is 8.80. The van der Waals surface area contributed by atoms with E-state index in [1.165, 1.54) is 16.7 Å². The van der Waals surface area contributed by atoms with Crippen LogP contribution in [0.25, 0.3) is 6.08 Å². The molecule has 0 aliphatic carbocycles. The lowest BCUT2D eigenvalue weighted by Crippen LogP contribution is -2.28. The van der Waals surface area contributed by atoms with E-state index in [4.69, 9.17) is 9.15 Å². The number of amides is 1. The van der Waals surface area contributed by atoms with Gasteiger partial charge in [0.1, 0.15) is 23.0 Å². The van der Waals surface area contributed by atoms with Gasteiger partial charge in [-0.25, -0.2) is 0 Å². The van der Waals surface area contributed by atoms with Crippen LogP contribution in [0.1, 0.15) is 16.9 Å². The molecule has 1 amide bonds. The molecule has 0 unspecified atom stereocenters. The minimum atomic E-state index is -0.198. The number of ether oxygens (including phenoxy) is 1. The van der Waals surface area contributed by atoms with E-state index in [1.807, 2.05) is 54.6 Å². The molecule has 3 aromatic carbocycles. The molecule has 7 nitrogen and oxygen atoms in total. The lowest BCUT2D eigenvalue weighted by Gasteiger charge is -2.12. The van der Waals surface area contributed by atoms with Crippen molar-refractivity contribution < 1.29 is 19.1 Å². The summed E-state index contributed by atoms with van der Waals surface area (Å²) in [5.41, 5.74) is 1.60. The summed E-state index contributed by atoms with van der Waals surface area (Å²) >= 11 is 1.23. The summed E-state index contributed by atoms with van der Waals surface area (Å²) in [7, 11) is 0. The number of rotatable bonds is 7. The van der Waals surface area contributed by atoms with Gasteiger partial charge in [-0.05, 0) is 77.5 Å². The number of phenols is 1. The molecule has 1 N–H and O–H groups in total. The van der Waals surface area contributed by atoms with Crippen LogP contribution >= 0.6 is 11.8 Å². The Labute approximate surface area is 212 Å². The highest BCUT2D eigenvalue weighted by Crippen LogP contribution is 2.34. The van der Waals surface area contributed by atoms with Crippen LogP contribution in [-0.4, -0.2) is 27.3 Å². The molecule has 0 radical (unpaired) electrons. The molecule has 1 aromatic heterocycles. The van der Waals surface area contributed by atoms with Gasteiger partial charge in [0.05, 0.1) is 23.9 Å². The number of carbonyl (C=O) groups is 1. The van der Waals surface area contributed by atoms with Crippen molar-refractivity contribution in [2.24, 2.45) is 10.2 Å². The van der Waals surface area contributed by atoms with Crippen LogP contribution in [0.3, 0.4) is 0 Å². The van der Waals surface area contributed by atoms with E-state index in [0.717, 1.165) is 16.9 Å². The first-order valence-electron chi connectivity index (χ1n) is 11.1. The van der Waals surface area contributed by atoms with Gasteiger partial charge >= 0.3 is 0 Å². The Morgan fingerprint density at radius 2 is 1.72 bits per heavy atom. The van der Waals surface area contributed by atoms with Gasteiger partial charge in [0.15, 0.2) is 5.17 Å². The first-order valence-corrected chi connectivity index (χ1v) is 11.9. The Morgan fingerprint density at radius 1 is 0.917 bits per heavy atom. The van der Waals surface area contributed by atoms with Crippen LogP contribution in [0.15, 0.2) is 117 Å². The van der Waals surface area contributed by atoms with Gasteiger partial charge in [-0.3, -0.25) is 9.69 Å². The fourth-order valence-corrected chi connectivity index (χ4v) is 4.37. The van der Waals surface area contributed by atoms with Crippen LogP contribution < -0.4 is 4.74 Å². The van der Waals surface area contributed by atoms with Crippen molar-refractivity contribution in [3.05, 3.63) is 119 Å². The molecular weight excluding hydrogens is 474 g/mol. The largest absolute Gasteiger partial charge is 0.508 e. The second-order valence-electron chi connectivity index (χ2n) is 7.79. The molecule has 1 saturated heterocycles. The number of hydrogen-bond acceptors (Lipinski definition) is 7. The molecule has 1 aliphatic rings. The van der Waals surface area contributed by atoms with Crippen LogP contribution in [0, 0.1) is 0 Å². The van der Waals surface area contributed by atoms with Crippen molar-refractivity contribution in [3.63, 3.8) is 0 Å². The first-order chi connectivity index (χ1) is 17.6. The van der Waals surface area contributed by atoms with E-state index in [0.29, 0.717) is 21.6 Å². The highest BCUT2D eigenvalue weighted by atomic mass is 32.2. The molecule has 4 aromatic rings. The molecular formula is C28H21N3O4S. The highest BCUT2D eigenvalue weighted by molar-refractivity contribution is 8.18. The standard InChI is InChI=1S/C28H21N3O4S/c32-22-13-11-20(12-14-22)17-26-27(33)31(19-25-10-5-15-34-25)28(36-26)30-29-18-21-6-4-9-24(16-21)35-23-7-2-1-3-8-23/h1-18,32H,19H2/b26-17-,29-18+,30-28-. The van der Waals surface area contributed by atoms with Gasteiger partial charge in [0, 0.05) is 0 Å². The first kappa shape index (κ1) is 23.2. The number of phenolic OH excluding ortho intramolecular Hbond substituents is 1. The Morgan fingerprint density at radius 3 is 2.50 bits per heavy atom. The number of hydrogen-bond donors (Lipinski definition) is 1. The van der Waals surface area contributed by atoms with Crippen molar-refractivity contribution in [1.29, 1.82) is 0 Å². The zero-order chi connectivity index (χ0) is 24.7. The number of para-hydroxylation sites is 1. The number of benzene rings is 3. The number of thioether (sulfide) groups is 1. The van der Waals surface area contributed by atoms with E-state index in [-0.39, 0.29) is 18.2 Å². The lowest BCUT2D eigenvalue weighted by molar-refractivity contribution is -0.122. The van der Waals surface area contributed by atoms with Gasteiger partial charge in [0.25, 0.3) is 5.91 Å². The van der Waals surface area contributed by atoms with Crippen molar-refractivity contribution in [2.45, 2.75) is 6.54 Å². The topological polar surface area (TPSA) is 87.6 Å². The molecule has 2 heterocycles. The number of amidine groups is 1. The summed E-state index contributed by atoms with van der Waals surface area (Å²) < 4.78 is 11.3. The molecule has 178 valence electrons. The molecule has 8 heteroatoms. The Hall–Kier alpha value is -4.56. The van der Waals surface area contributed by atoms with Crippen molar-refractivity contribution >= 4 is 35.1 Å². The Kier molecular flexibility index (Phi) is 6.95. The highest BCUT2D eigenvalue weighted by Gasteiger charge is 2.34.